The van der Waals surface area contributed by atoms with Gasteiger partial charge in [0.25, 0.3) is 0 Å². The van der Waals surface area contributed by atoms with Gasteiger partial charge in [-0.2, -0.15) is 0 Å². The van der Waals surface area contributed by atoms with Crippen LogP contribution < -0.4 is 16.2 Å². The summed E-state index contributed by atoms with van der Waals surface area (Å²) in [6.45, 7) is 0. The highest BCUT2D eigenvalue weighted by Gasteiger charge is 2.24. The molecule has 0 radical (unpaired) electrons. The van der Waals surface area contributed by atoms with Gasteiger partial charge in [0, 0.05) is 32.4 Å². The quantitative estimate of drug-likeness (QED) is 0.487. The molecule has 1 aromatic heterocycles. The van der Waals surface area contributed by atoms with Crippen molar-refractivity contribution in [3.63, 3.8) is 0 Å². The predicted molar refractivity (Wildman–Crippen MR) is 102 cm³/mol. The normalized spacial score (nSPS) is 11.1. The molecule has 0 N–H and O–H groups in total. The van der Waals surface area contributed by atoms with Gasteiger partial charge in [-0.1, -0.05) is 60.7 Å². The summed E-state index contributed by atoms with van der Waals surface area (Å²) in [5.74, 6) is -2.89. The van der Waals surface area contributed by atoms with Crippen LogP contribution in [0.4, 0.5) is 13.2 Å². The monoisotopic (exact) mass is 382 g/mol. The maximum atomic E-state index is 14.4. The fraction of sp³-hybridized carbons (Fsp3) is 0. The minimum Gasteiger partial charge on any atom is -0.294 e. The van der Waals surface area contributed by atoms with Gasteiger partial charge in [0.2, 0.25) is 0 Å². The van der Waals surface area contributed by atoms with Crippen molar-refractivity contribution in [1.29, 1.82) is 0 Å². The number of aromatic nitrogens is 2. The van der Waals surface area contributed by atoms with Gasteiger partial charge in [-0.15, -0.1) is 0 Å². The molecule has 0 aliphatic heterocycles. The third-order valence-electron chi connectivity index (χ3n) is 4.07. The van der Waals surface area contributed by atoms with Gasteiger partial charge in [-0.25, -0.2) is 18.2 Å². The van der Waals surface area contributed by atoms with E-state index in [9.17, 15) is 13.2 Å². The van der Waals surface area contributed by atoms with E-state index in [1.54, 1.807) is 0 Å². The molecule has 6 heteroatoms. The molecule has 0 atom stereocenters. The zero-order chi connectivity index (χ0) is 18.8. The van der Waals surface area contributed by atoms with Gasteiger partial charge < -0.3 is 0 Å². The molecule has 2 nitrogen and oxygen atoms in total. The fourth-order valence-electron chi connectivity index (χ4n) is 2.93. The third-order valence-corrected chi connectivity index (χ3v) is 6.43. The third kappa shape index (κ3) is 3.38. The molecule has 0 fully saturated rings. The van der Waals surface area contributed by atoms with Crippen molar-refractivity contribution < 1.29 is 13.2 Å². The van der Waals surface area contributed by atoms with Crippen LogP contribution in [0.3, 0.4) is 0 Å². The molecule has 0 aliphatic carbocycles. The Kier molecular flexibility index (Phi) is 4.78. The first-order valence-electron chi connectivity index (χ1n) is 8.23. The Labute approximate surface area is 155 Å². The summed E-state index contributed by atoms with van der Waals surface area (Å²) in [6.07, 6.45) is 2.99. The summed E-state index contributed by atoms with van der Waals surface area (Å²) in [5.41, 5.74) is 0.176. The van der Waals surface area contributed by atoms with Crippen LogP contribution in [0, 0.1) is 17.5 Å². The number of hydrogen-bond acceptors (Lipinski definition) is 1. The molecule has 1 heterocycles. The van der Waals surface area contributed by atoms with E-state index < -0.39 is 25.4 Å². The summed E-state index contributed by atoms with van der Waals surface area (Å²) >= 11 is 0. The molecule has 134 valence electrons. The van der Waals surface area contributed by atoms with Gasteiger partial charge >= 0.3 is 0 Å². The van der Waals surface area contributed by atoms with E-state index in [1.807, 2.05) is 60.7 Å². The Hall–Kier alpha value is -2.91. The Morgan fingerprint density at radius 3 is 1.78 bits per heavy atom. The lowest BCUT2D eigenvalue weighted by molar-refractivity contribution is 0.535. The summed E-state index contributed by atoms with van der Waals surface area (Å²) in [6, 6.07) is 20.7. The summed E-state index contributed by atoms with van der Waals surface area (Å²) in [7, 11) is -1.16. The van der Waals surface area contributed by atoms with Gasteiger partial charge in [0.05, 0.1) is 0 Å². The van der Waals surface area contributed by atoms with Crippen LogP contribution in [0.25, 0.3) is 5.69 Å². The van der Waals surface area contributed by atoms with Crippen LogP contribution in [0.15, 0.2) is 85.2 Å². The maximum absolute atomic E-state index is 14.4. The number of imidazole rings is 1. The van der Waals surface area contributed by atoms with E-state index in [0.717, 1.165) is 10.6 Å². The molecule has 0 spiro atoms. The topological polar surface area (TPSA) is 17.8 Å². The Morgan fingerprint density at radius 1 is 0.741 bits per heavy atom. The van der Waals surface area contributed by atoms with Crippen molar-refractivity contribution in [2.75, 3.05) is 0 Å². The summed E-state index contributed by atoms with van der Waals surface area (Å²) < 4.78 is 43.5. The molecule has 27 heavy (non-hydrogen) atoms. The largest absolute Gasteiger partial charge is 0.294 e. The van der Waals surface area contributed by atoms with Gasteiger partial charge in [0.15, 0.2) is 11.6 Å². The van der Waals surface area contributed by atoms with Crippen molar-refractivity contribution in [2.24, 2.45) is 0 Å². The standard InChI is InChI=1S/C21H14F3N2P/c22-15-13-18(23)20(19(24)14-15)26-12-11-25-21(26)27(16-7-3-1-4-8-16)17-9-5-2-6-10-17/h1-14H. The van der Waals surface area contributed by atoms with Crippen LogP contribution in [0.1, 0.15) is 0 Å². The number of benzene rings is 3. The summed E-state index contributed by atoms with van der Waals surface area (Å²) in [4.78, 5) is 4.42. The van der Waals surface area contributed by atoms with Crippen molar-refractivity contribution in [2.45, 2.75) is 0 Å². The predicted octanol–water partition coefficient (Wildman–Crippen LogP) is 4.05. The summed E-state index contributed by atoms with van der Waals surface area (Å²) in [5, 5.41) is 1.99. The first-order valence-corrected chi connectivity index (χ1v) is 9.58. The molecule has 0 saturated carbocycles. The maximum Gasteiger partial charge on any atom is 0.153 e. The van der Waals surface area contributed by atoms with Crippen LogP contribution in [0.2, 0.25) is 0 Å². The fourth-order valence-corrected chi connectivity index (χ4v) is 5.20. The molecule has 0 amide bonds. The van der Waals surface area contributed by atoms with Crippen molar-refractivity contribution in [3.05, 3.63) is 103 Å². The molecule has 0 bridgehead atoms. The second kappa shape index (κ2) is 7.37. The van der Waals surface area contributed by atoms with Crippen molar-refractivity contribution >= 4 is 24.1 Å². The number of hydrogen-bond donors (Lipinski definition) is 0. The zero-order valence-electron chi connectivity index (χ0n) is 14.1. The number of halogens is 3. The molecule has 4 aromatic rings. The van der Waals surface area contributed by atoms with Gasteiger partial charge in [0.1, 0.15) is 17.1 Å². The highest BCUT2D eigenvalue weighted by Crippen LogP contribution is 2.33. The highest BCUT2D eigenvalue weighted by atomic mass is 31.1. The van der Waals surface area contributed by atoms with Crippen molar-refractivity contribution in [1.82, 2.24) is 9.55 Å². The Bertz CT molecular complexity index is 1000. The van der Waals surface area contributed by atoms with E-state index in [2.05, 4.69) is 4.98 Å². The van der Waals surface area contributed by atoms with Gasteiger partial charge in [-0.05, 0) is 10.6 Å². The van der Waals surface area contributed by atoms with E-state index in [4.69, 9.17) is 0 Å². The van der Waals surface area contributed by atoms with E-state index in [0.29, 0.717) is 17.7 Å². The molecule has 3 aromatic carbocycles. The van der Waals surface area contributed by atoms with E-state index in [1.165, 1.54) is 17.0 Å². The Morgan fingerprint density at radius 2 is 1.26 bits per heavy atom. The molecule has 4 rings (SSSR count). The smallest absolute Gasteiger partial charge is 0.153 e. The van der Waals surface area contributed by atoms with Gasteiger partial charge in [-0.3, -0.25) is 4.57 Å². The second-order valence-electron chi connectivity index (χ2n) is 5.82. The number of rotatable bonds is 4. The molecule has 0 aliphatic rings. The average Bonchev–Trinajstić information content (AvgIpc) is 3.12. The molecule has 0 saturated heterocycles. The Balaban J connectivity index is 1.93. The van der Waals surface area contributed by atoms with E-state index >= 15 is 0 Å². The lowest BCUT2D eigenvalue weighted by Gasteiger charge is -2.20. The van der Waals surface area contributed by atoms with Crippen LogP contribution >= 0.6 is 7.92 Å². The number of nitrogens with zero attached hydrogens (tertiary/aromatic N) is 2. The first-order chi connectivity index (χ1) is 13.1. The molecule has 0 unspecified atom stereocenters. The molecular weight excluding hydrogens is 368 g/mol. The highest BCUT2D eigenvalue weighted by molar-refractivity contribution is 7.79. The van der Waals surface area contributed by atoms with Crippen LogP contribution in [-0.4, -0.2) is 9.55 Å². The minimum absolute atomic E-state index is 0.330. The molecular formula is C21H14F3N2P. The average molecular weight is 382 g/mol. The van der Waals surface area contributed by atoms with Crippen LogP contribution in [-0.2, 0) is 0 Å². The van der Waals surface area contributed by atoms with E-state index in [-0.39, 0.29) is 5.69 Å². The minimum atomic E-state index is -1.16. The lowest BCUT2D eigenvalue weighted by Crippen LogP contribution is -2.28. The lowest BCUT2D eigenvalue weighted by atomic mass is 10.3. The second-order valence-corrected chi connectivity index (χ2v) is 7.93. The zero-order valence-corrected chi connectivity index (χ0v) is 15.0. The van der Waals surface area contributed by atoms with Crippen LogP contribution in [0.5, 0.6) is 0 Å². The first kappa shape index (κ1) is 17.5. The SMILES string of the molecule is Fc1cc(F)c(-n2ccnc2P(c2ccccc2)c2ccccc2)c(F)c1. The van der Waals surface area contributed by atoms with Crippen molar-refractivity contribution in [3.8, 4) is 5.69 Å².